The monoisotopic (exact) mass is 333 g/mol. The average Bonchev–Trinajstić information content (AvgIpc) is 2.60. The third kappa shape index (κ3) is 5.85. The lowest BCUT2D eigenvalue weighted by atomic mass is 10.1. The van der Waals surface area contributed by atoms with Gasteiger partial charge in [-0.1, -0.05) is 12.1 Å². The first-order chi connectivity index (χ1) is 11.7. The van der Waals surface area contributed by atoms with Crippen LogP contribution in [0.3, 0.4) is 0 Å². The summed E-state index contributed by atoms with van der Waals surface area (Å²) in [5.41, 5.74) is 0.526. The molecular weight excluding hydrogens is 306 g/mol. The lowest BCUT2D eigenvalue weighted by Crippen LogP contribution is -2.42. The zero-order valence-electron chi connectivity index (χ0n) is 14.3. The van der Waals surface area contributed by atoms with Crippen LogP contribution in [0.15, 0.2) is 24.3 Å². The van der Waals surface area contributed by atoms with Gasteiger partial charge in [0.2, 0.25) is 5.91 Å². The fraction of sp³-hybridized carbons (Fsp3) is 0.556. The molecule has 1 aromatic carbocycles. The minimum Gasteiger partial charge on any atom is -0.493 e. The third-order valence-corrected chi connectivity index (χ3v) is 4.00. The Bertz CT molecular complexity index is 542. The molecule has 2 amide bonds. The maximum atomic E-state index is 12.2. The van der Waals surface area contributed by atoms with Crippen LogP contribution in [0.2, 0.25) is 0 Å². The summed E-state index contributed by atoms with van der Waals surface area (Å²) in [7, 11) is 0. The molecule has 24 heavy (non-hydrogen) atoms. The first kappa shape index (κ1) is 18.3. The van der Waals surface area contributed by atoms with Gasteiger partial charge in [-0.3, -0.25) is 9.59 Å². The van der Waals surface area contributed by atoms with Crippen molar-refractivity contribution < 1.29 is 14.3 Å². The molecule has 1 aliphatic heterocycles. The molecule has 132 valence electrons. The number of piperidine rings is 1. The van der Waals surface area contributed by atoms with Crippen molar-refractivity contribution in [3.05, 3.63) is 29.8 Å². The fourth-order valence-electron chi connectivity index (χ4n) is 2.75. The van der Waals surface area contributed by atoms with Crippen LogP contribution in [0.4, 0.5) is 0 Å². The van der Waals surface area contributed by atoms with Crippen molar-refractivity contribution in [1.29, 1.82) is 0 Å². The topological polar surface area (TPSA) is 79.5 Å². The van der Waals surface area contributed by atoms with Crippen molar-refractivity contribution in [1.82, 2.24) is 16.0 Å². The highest BCUT2D eigenvalue weighted by Crippen LogP contribution is 2.17. The van der Waals surface area contributed by atoms with E-state index in [-0.39, 0.29) is 17.9 Å². The molecule has 1 fully saturated rings. The van der Waals surface area contributed by atoms with Gasteiger partial charge in [0, 0.05) is 19.0 Å². The van der Waals surface area contributed by atoms with Gasteiger partial charge in [0.05, 0.1) is 12.2 Å². The summed E-state index contributed by atoms with van der Waals surface area (Å²) >= 11 is 0. The summed E-state index contributed by atoms with van der Waals surface area (Å²) in [4.78, 5) is 24.1. The summed E-state index contributed by atoms with van der Waals surface area (Å²) in [6.45, 7) is 4.79. The summed E-state index contributed by atoms with van der Waals surface area (Å²) < 4.78 is 5.46. The van der Waals surface area contributed by atoms with Crippen LogP contribution in [0.25, 0.3) is 0 Å². The van der Waals surface area contributed by atoms with E-state index in [0.29, 0.717) is 37.3 Å². The Morgan fingerprint density at radius 3 is 2.75 bits per heavy atom. The molecule has 0 aliphatic carbocycles. The quantitative estimate of drug-likeness (QED) is 0.629. The largest absolute Gasteiger partial charge is 0.493 e. The Hall–Kier alpha value is -2.08. The highest BCUT2D eigenvalue weighted by atomic mass is 16.5. The molecule has 1 saturated heterocycles. The SMILES string of the molecule is CCOc1ccccc1C(=O)NCCCC(=O)NC1CCNCC1. The maximum Gasteiger partial charge on any atom is 0.255 e. The first-order valence-electron chi connectivity index (χ1n) is 8.70. The lowest BCUT2D eigenvalue weighted by molar-refractivity contribution is -0.122. The molecule has 0 saturated carbocycles. The zero-order chi connectivity index (χ0) is 17.2. The molecule has 0 atom stereocenters. The number of carbonyl (C=O) groups excluding carboxylic acids is 2. The van der Waals surface area contributed by atoms with E-state index >= 15 is 0 Å². The van der Waals surface area contributed by atoms with Crippen molar-refractivity contribution in [3.8, 4) is 5.75 Å². The number of benzene rings is 1. The Kier molecular flexibility index (Phi) is 7.55. The van der Waals surface area contributed by atoms with Crippen LogP contribution in [-0.4, -0.2) is 44.1 Å². The smallest absolute Gasteiger partial charge is 0.255 e. The van der Waals surface area contributed by atoms with Crippen molar-refractivity contribution in [2.45, 2.75) is 38.6 Å². The van der Waals surface area contributed by atoms with Gasteiger partial charge < -0.3 is 20.7 Å². The average molecular weight is 333 g/mol. The minimum absolute atomic E-state index is 0.0610. The Morgan fingerprint density at radius 1 is 1.25 bits per heavy atom. The van der Waals surface area contributed by atoms with E-state index in [1.807, 2.05) is 19.1 Å². The predicted octanol–water partition coefficient (Wildman–Crippen LogP) is 1.46. The third-order valence-electron chi connectivity index (χ3n) is 4.00. The summed E-state index contributed by atoms with van der Waals surface area (Å²) in [5.74, 6) is 0.477. The molecule has 3 N–H and O–H groups in total. The van der Waals surface area contributed by atoms with Gasteiger partial charge >= 0.3 is 0 Å². The number of hydrogen-bond acceptors (Lipinski definition) is 4. The van der Waals surface area contributed by atoms with Crippen molar-refractivity contribution in [2.24, 2.45) is 0 Å². The van der Waals surface area contributed by atoms with E-state index in [9.17, 15) is 9.59 Å². The number of nitrogens with one attached hydrogen (secondary N) is 3. The van der Waals surface area contributed by atoms with Gasteiger partial charge in [-0.25, -0.2) is 0 Å². The van der Waals surface area contributed by atoms with Crippen LogP contribution in [0, 0.1) is 0 Å². The highest BCUT2D eigenvalue weighted by molar-refractivity contribution is 5.96. The number of para-hydroxylation sites is 1. The second-order valence-corrected chi connectivity index (χ2v) is 5.88. The van der Waals surface area contributed by atoms with Gasteiger partial charge in [0.25, 0.3) is 5.91 Å². The fourth-order valence-corrected chi connectivity index (χ4v) is 2.75. The van der Waals surface area contributed by atoms with Crippen molar-refractivity contribution in [3.63, 3.8) is 0 Å². The second-order valence-electron chi connectivity index (χ2n) is 5.88. The lowest BCUT2D eigenvalue weighted by Gasteiger charge is -2.23. The molecule has 6 nitrogen and oxygen atoms in total. The molecular formula is C18H27N3O3. The Labute approximate surface area is 143 Å². The van der Waals surface area contributed by atoms with E-state index in [2.05, 4.69) is 16.0 Å². The van der Waals surface area contributed by atoms with E-state index in [0.717, 1.165) is 25.9 Å². The van der Waals surface area contributed by atoms with Crippen LogP contribution in [0.1, 0.15) is 43.0 Å². The molecule has 1 heterocycles. The summed E-state index contributed by atoms with van der Waals surface area (Å²) in [6, 6.07) is 7.46. The summed E-state index contributed by atoms with van der Waals surface area (Å²) in [5, 5.41) is 9.17. The highest BCUT2D eigenvalue weighted by Gasteiger charge is 2.15. The van der Waals surface area contributed by atoms with Crippen LogP contribution >= 0.6 is 0 Å². The molecule has 1 aromatic rings. The van der Waals surface area contributed by atoms with Gasteiger partial charge in [-0.05, 0) is 51.4 Å². The molecule has 0 unspecified atom stereocenters. The minimum atomic E-state index is -0.169. The second kappa shape index (κ2) is 9.93. The number of carbonyl (C=O) groups is 2. The Balaban J connectivity index is 1.68. The molecule has 6 heteroatoms. The molecule has 0 spiro atoms. The van der Waals surface area contributed by atoms with Gasteiger partial charge in [0.15, 0.2) is 0 Å². The van der Waals surface area contributed by atoms with Gasteiger partial charge in [-0.15, -0.1) is 0 Å². The predicted molar refractivity (Wildman–Crippen MR) is 93.2 cm³/mol. The zero-order valence-corrected chi connectivity index (χ0v) is 14.3. The van der Waals surface area contributed by atoms with Crippen LogP contribution < -0.4 is 20.7 Å². The molecule has 0 radical (unpaired) electrons. The number of ether oxygens (including phenoxy) is 1. The van der Waals surface area contributed by atoms with E-state index in [1.54, 1.807) is 12.1 Å². The van der Waals surface area contributed by atoms with Crippen LogP contribution in [-0.2, 0) is 4.79 Å². The van der Waals surface area contributed by atoms with Gasteiger partial charge in [0.1, 0.15) is 5.75 Å². The standard InChI is InChI=1S/C18H27N3O3/c1-2-24-16-7-4-3-6-15(16)18(23)20-11-5-8-17(22)21-14-9-12-19-13-10-14/h3-4,6-7,14,19H,2,5,8-13H2,1H3,(H,20,23)(H,21,22). The van der Waals surface area contributed by atoms with Gasteiger partial charge in [-0.2, -0.15) is 0 Å². The van der Waals surface area contributed by atoms with E-state index in [4.69, 9.17) is 4.74 Å². The van der Waals surface area contributed by atoms with Crippen molar-refractivity contribution >= 4 is 11.8 Å². The first-order valence-corrected chi connectivity index (χ1v) is 8.70. The number of amides is 2. The molecule has 0 aromatic heterocycles. The Morgan fingerprint density at radius 2 is 2.00 bits per heavy atom. The van der Waals surface area contributed by atoms with E-state index in [1.165, 1.54) is 0 Å². The number of hydrogen-bond donors (Lipinski definition) is 3. The summed E-state index contributed by atoms with van der Waals surface area (Å²) in [6.07, 6.45) is 3.02. The normalized spacial score (nSPS) is 14.9. The maximum absolute atomic E-state index is 12.2. The van der Waals surface area contributed by atoms with Crippen LogP contribution in [0.5, 0.6) is 5.75 Å². The van der Waals surface area contributed by atoms with Crippen molar-refractivity contribution in [2.75, 3.05) is 26.2 Å². The molecule has 2 rings (SSSR count). The molecule has 0 bridgehead atoms. The number of rotatable bonds is 8. The molecule has 1 aliphatic rings. The van der Waals surface area contributed by atoms with E-state index < -0.39 is 0 Å².